The van der Waals surface area contributed by atoms with E-state index in [-0.39, 0.29) is 12.5 Å². The first-order valence-corrected chi connectivity index (χ1v) is 7.06. The molecule has 0 atom stereocenters. The molecule has 1 aromatic heterocycles. The number of nitrogens with one attached hydrogen (secondary N) is 1. The zero-order valence-corrected chi connectivity index (χ0v) is 12.1. The fourth-order valence-corrected chi connectivity index (χ4v) is 2.63. The molecule has 2 N–H and O–H groups in total. The molecular formula is C14H20N4O3. The van der Waals surface area contributed by atoms with Crippen LogP contribution in [0.1, 0.15) is 32.1 Å². The van der Waals surface area contributed by atoms with Crippen LogP contribution < -0.4 is 10.2 Å². The Labute approximate surface area is 123 Å². The molecule has 21 heavy (non-hydrogen) atoms. The summed E-state index contributed by atoms with van der Waals surface area (Å²) in [6, 6.07) is 1.69. The van der Waals surface area contributed by atoms with Crippen molar-refractivity contribution in [1.29, 1.82) is 0 Å². The number of hydrogen-bond acceptors (Lipinski definition) is 5. The van der Waals surface area contributed by atoms with E-state index in [2.05, 4.69) is 15.3 Å². The molecule has 0 radical (unpaired) electrons. The zero-order valence-electron chi connectivity index (χ0n) is 12.1. The highest BCUT2D eigenvalue weighted by molar-refractivity contribution is 5.89. The van der Waals surface area contributed by atoms with Gasteiger partial charge in [-0.05, 0) is 18.9 Å². The molecule has 0 aliphatic heterocycles. The SMILES string of the molecule is CN(CC(=O)NC1(C(=O)O)CCCCC1)c1ncccn1. The van der Waals surface area contributed by atoms with Gasteiger partial charge < -0.3 is 15.3 Å². The van der Waals surface area contributed by atoms with Crippen LogP contribution in [0.5, 0.6) is 0 Å². The predicted octanol–water partition coefficient (Wildman–Crippen LogP) is 0.816. The summed E-state index contributed by atoms with van der Waals surface area (Å²) in [6.07, 6.45) is 6.82. The second-order valence-electron chi connectivity index (χ2n) is 5.40. The first-order chi connectivity index (χ1) is 10.0. The number of anilines is 1. The van der Waals surface area contributed by atoms with E-state index in [0.29, 0.717) is 18.8 Å². The van der Waals surface area contributed by atoms with Crippen molar-refractivity contribution >= 4 is 17.8 Å². The smallest absolute Gasteiger partial charge is 0.329 e. The van der Waals surface area contributed by atoms with Gasteiger partial charge in [-0.1, -0.05) is 19.3 Å². The van der Waals surface area contributed by atoms with E-state index < -0.39 is 11.5 Å². The molecule has 0 saturated heterocycles. The van der Waals surface area contributed by atoms with Crippen LogP contribution in [-0.2, 0) is 9.59 Å². The highest BCUT2D eigenvalue weighted by Gasteiger charge is 2.40. The number of carboxylic acid groups (broad SMARTS) is 1. The minimum atomic E-state index is -1.12. The van der Waals surface area contributed by atoms with Gasteiger partial charge in [0.2, 0.25) is 11.9 Å². The number of aromatic nitrogens is 2. The Kier molecular flexibility index (Phi) is 4.72. The molecule has 1 aromatic rings. The Hall–Kier alpha value is -2.18. The number of carboxylic acids is 1. The summed E-state index contributed by atoms with van der Waals surface area (Å²) in [7, 11) is 1.70. The standard InChI is InChI=1S/C14H20N4O3/c1-18(13-15-8-5-9-16-13)10-11(19)17-14(12(20)21)6-3-2-4-7-14/h5,8-9H,2-4,6-7,10H2,1H3,(H,17,19)(H,20,21). The van der Waals surface area contributed by atoms with Crippen LogP contribution in [0.2, 0.25) is 0 Å². The quantitative estimate of drug-likeness (QED) is 0.834. The van der Waals surface area contributed by atoms with E-state index in [1.54, 1.807) is 30.4 Å². The van der Waals surface area contributed by atoms with Crippen LogP contribution in [0.4, 0.5) is 5.95 Å². The van der Waals surface area contributed by atoms with Gasteiger partial charge in [-0.2, -0.15) is 0 Å². The summed E-state index contributed by atoms with van der Waals surface area (Å²) in [5, 5.41) is 12.1. The van der Waals surface area contributed by atoms with Crippen LogP contribution in [-0.4, -0.2) is 46.1 Å². The number of hydrogen-bond donors (Lipinski definition) is 2. The highest BCUT2D eigenvalue weighted by atomic mass is 16.4. The van der Waals surface area contributed by atoms with Gasteiger partial charge in [-0.25, -0.2) is 14.8 Å². The van der Waals surface area contributed by atoms with Gasteiger partial charge in [-0.15, -0.1) is 0 Å². The summed E-state index contributed by atoms with van der Waals surface area (Å²) in [5.74, 6) is -0.843. The van der Waals surface area contributed by atoms with Crippen molar-refractivity contribution < 1.29 is 14.7 Å². The number of nitrogens with zero attached hydrogens (tertiary/aromatic N) is 3. The third-order valence-electron chi connectivity index (χ3n) is 3.77. The number of aliphatic carboxylic acids is 1. The maximum Gasteiger partial charge on any atom is 0.329 e. The Morgan fingerprint density at radius 1 is 1.29 bits per heavy atom. The summed E-state index contributed by atoms with van der Waals surface area (Å²) in [6.45, 7) is 0.0268. The molecule has 0 spiro atoms. The molecule has 0 bridgehead atoms. The average Bonchev–Trinajstić information content (AvgIpc) is 2.48. The van der Waals surface area contributed by atoms with E-state index in [1.807, 2.05) is 0 Å². The average molecular weight is 292 g/mol. The number of likely N-dealkylation sites (N-methyl/N-ethyl adjacent to an activating group) is 1. The lowest BCUT2D eigenvalue weighted by atomic mass is 9.81. The third kappa shape index (κ3) is 3.68. The molecule has 114 valence electrons. The monoisotopic (exact) mass is 292 g/mol. The van der Waals surface area contributed by atoms with Gasteiger partial charge >= 0.3 is 5.97 Å². The van der Waals surface area contributed by atoms with E-state index >= 15 is 0 Å². The molecule has 1 aliphatic carbocycles. The molecule has 0 unspecified atom stereocenters. The van der Waals surface area contributed by atoms with Crippen molar-refractivity contribution in [3.63, 3.8) is 0 Å². The van der Waals surface area contributed by atoms with Crippen molar-refractivity contribution in [2.75, 3.05) is 18.5 Å². The van der Waals surface area contributed by atoms with Crippen LogP contribution in [0, 0.1) is 0 Å². The van der Waals surface area contributed by atoms with Gasteiger partial charge in [0.15, 0.2) is 0 Å². The summed E-state index contributed by atoms with van der Waals surface area (Å²) < 4.78 is 0. The van der Waals surface area contributed by atoms with E-state index in [4.69, 9.17) is 0 Å². The maximum absolute atomic E-state index is 12.1. The third-order valence-corrected chi connectivity index (χ3v) is 3.77. The second-order valence-corrected chi connectivity index (χ2v) is 5.40. The van der Waals surface area contributed by atoms with E-state index in [9.17, 15) is 14.7 Å². The Morgan fingerprint density at radius 2 is 1.90 bits per heavy atom. The molecular weight excluding hydrogens is 272 g/mol. The summed E-state index contributed by atoms with van der Waals surface area (Å²) >= 11 is 0. The number of carbonyl (C=O) groups excluding carboxylic acids is 1. The molecule has 1 saturated carbocycles. The first kappa shape index (κ1) is 15.2. The van der Waals surface area contributed by atoms with Crippen molar-refractivity contribution in [3.05, 3.63) is 18.5 Å². The Balaban J connectivity index is 1.98. The molecule has 1 heterocycles. The van der Waals surface area contributed by atoms with Crippen LogP contribution >= 0.6 is 0 Å². The molecule has 2 rings (SSSR count). The van der Waals surface area contributed by atoms with E-state index in [0.717, 1.165) is 19.3 Å². The lowest BCUT2D eigenvalue weighted by molar-refractivity contribution is -0.149. The second kappa shape index (κ2) is 6.51. The van der Waals surface area contributed by atoms with Gasteiger partial charge in [0.1, 0.15) is 5.54 Å². The van der Waals surface area contributed by atoms with Crippen LogP contribution in [0.25, 0.3) is 0 Å². The van der Waals surface area contributed by atoms with Gasteiger partial charge in [0.05, 0.1) is 6.54 Å². The molecule has 1 aliphatic rings. The molecule has 7 nitrogen and oxygen atoms in total. The lowest BCUT2D eigenvalue weighted by Crippen LogP contribution is -2.57. The normalized spacial score (nSPS) is 17.0. The molecule has 0 aromatic carbocycles. The van der Waals surface area contributed by atoms with Crippen LogP contribution in [0.3, 0.4) is 0 Å². The lowest BCUT2D eigenvalue weighted by Gasteiger charge is -2.34. The van der Waals surface area contributed by atoms with Crippen molar-refractivity contribution in [3.8, 4) is 0 Å². The van der Waals surface area contributed by atoms with Crippen molar-refractivity contribution in [1.82, 2.24) is 15.3 Å². The maximum atomic E-state index is 12.1. The first-order valence-electron chi connectivity index (χ1n) is 7.06. The predicted molar refractivity (Wildman–Crippen MR) is 76.9 cm³/mol. The fraction of sp³-hybridized carbons (Fsp3) is 0.571. The van der Waals surface area contributed by atoms with Gasteiger partial charge in [0.25, 0.3) is 0 Å². The van der Waals surface area contributed by atoms with Gasteiger partial charge in [-0.3, -0.25) is 4.79 Å². The minimum Gasteiger partial charge on any atom is -0.480 e. The number of carbonyl (C=O) groups is 2. The number of rotatable bonds is 5. The molecule has 1 amide bonds. The van der Waals surface area contributed by atoms with Gasteiger partial charge in [0, 0.05) is 19.4 Å². The topological polar surface area (TPSA) is 95.4 Å². The van der Waals surface area contributed by atoms with Crippen LogP contribution in [0.15, 0.2) is 18.5 Å². The molecule has 7 heteroatoms. The Bertz CT molecular complexity index is 500. The highest BCUT2D eigenvalue weighted by Crippen LogP contribution is 2.28. The summed E-state index contributed by atoms with van der Waals surface area (Å²) in [4.78, 5) is 33.3. The summed E-state index contributed by atoms with van der Waals surface area (Å²) in [5.41, 5.74) is -1.12. The fourth-order valence-electron chi connectivity index (χ4n) is 2.63. The largest absolute Gasteiger partial charge is 0.480 e. The Morgan fingerprint density at radius 3 is 2.48 bits per heavy atom. The van der Waals surface area contributed by atoms with E-state index in [1.165, 1.54) is 0 Å². The number of amides is 1. The zero-order chi connectivity index (χ0) is 15.3. The minimum absolute atomic E-state index is 0.0268. The molecule has 1 fully saturated rings. The van der Waals surface area contributed by atoms with Crippen molar-refractivity contribution in [2.24, 2.45) is 0 Å². The van der Waals surface area contributed by atoms with Crippen molar-refractivity contribution in [2.45, 2.75) is 37.6 Å².